The van der Waals surface area contributed by atoms with Crippen molar-refractivity contribution in [1.29, 1.82) is 5.26 Å². The highest BCUT2D eigenvalue weighted by Gasteiger charge is 2.08. The molecule has 56 valence electrons. The predicted molar refractivity (Wildman–Crippen MR) is 40.5 cm³/mol. The zero-order valence-electron chi connectivity index (χ0n) is 5.44. The van der Waals surface area contributed by atoms with Crippen molar-refractivity contribution in [3.05, 3.63) is 28.5 Å². The van der Waals surface area contributed by atoms with E-state index in [0.29, 0.717) is 0 Å². The first-order chi connectivity index (χ1) is 5.16. The van der Waals surface area contributed by atoms with Crippen LogP contribution in [-0.2, 0) is 0 Å². The van der Waals surface area contributed by atoms with E-state index in [1.54, 1.807) is 6.07 Å². The molecule has 11 heavy (non-hydrogen) atoms. The van der Waals surface area contributed by atoms with Crippen molar-refractivity contribution in [2.45, 2.75) is 0 Å². The molecule has 0 aliphatic heterocycles. The number of halogens is 2. The maximum Gasteiger partial charge on any atom is 0.165 e. The Hall–Kier alpha value is -1.27. The average molecular weight is 171 g/mol. The zero-order chi connectivity index (χ0) is 8.43. The number of nitriles is 1. The Labute approximate surface area is 68.0 Å². The summed E-state index contributed by atoms with van der Waals surface area (Å²) in [4.78, 5) is 0. The van der Waals surface area contributed by atoms with E-state index in [0.717, 1.165) is 0 Å². The van der Waals surface area contributed by atoms with Crippen LogP contribution in [0, 0.1) is 17.1 Å². The molecule has 0 fully saturated rings. The molecule has 1 aromatic rings. The molecule has 0 atom stereocenters. The van der Waals surface area contributed by atoms with Crippen LogP contribution in [0.25, 0.3) is 0 Å². The minimum atomic E-state index is -0.750. The van der Waals surface area contributed by atoms with Gasteiger partial charge < -0.3 is 5.73 Å². The number of nitrogens with two attached hydrogens (primary N) is 1. The molecule has 0 spiro atoms. The number of hydrogen-bond acceptors (Lipinski definition) is 2. The second kappa shape index (κ2) is 2.77. The van der Waals surface area contributed by atoms with Gasteiger partial charge in [0, 0.05) is 0 Å². The third-order valence-corrected chi connectivity index (χ3v) is 1.55. The molecule has 0 aromatic heterocycles. The van der Waals surface area contributed by atoms with E-state index in [-0.39, 0.29) is 16.3 Å². The fourth-order valence-corrected chi connectivity index (χ4v) is 0.859. The number of benzene rings is 1. The minimum Gasteiger partial charge on any atom is -0.396 e. The van der Waals surface area contributed by atoms with Crippen LogP contribution < -0.4 is 5.73 Å². The normalized spacial score (nSPS) is 9.18. The van der Waals surface area contributed by atoms with Gasteiger partial charge in [0.15, 0.2) is 5.82 Å². The largest absolute Gasteiger partial charge is 0.396 e. The van der Waals surface area contributed by atoms with E-state index in [1.165, 1.54) is 12.1 Å². The summed E-state index contributed by atoms with van der Waals surface area (Å²) in [5, 5.41) is 8.48. The average Bonchev–Trinajstić information content (AvgIpc) is 1.99. The van der Waals surface area contributed by atoms with Crippen LogP contribution >= 0.6 is 11.6 Å². The van der Waals surface area contributed by atoms with Gasteiger partial charge in [-0.3, -0.25) is 0 Å². The van der Waals surface area contributed by atoms with Crippen LogP contribution in [0.3, 0.4) is 0 Å². The number of rotatable bonds is 0. The van der Waals surface area contributed by atoms with Crippen LogP contribution in [0.15, 0.2) is 12.1 Å². The fraction of sp³-hybridized carbons (Fsp3) is 0. The van der Waals surface area contributed by atoms with Crippen LogP contribution in [0.2, 0.25) is 5.02 Å². The Balaban J connectivity index is 3.44. The third kappa shape index (κ3) is 1.26. The lowest BCUT2D eigenvalue weighted by molar-refractivity contribution is 0.629. The molecular formula is C7H4ClFN2. The summed E-state index contributed by atoms with van der Waals surface area (Å²) in [7, 11) is 0. The van der Waals surface area contributed by atoms with Crippen molar-refractivity contribution in [3.63, 3.8) is 0 Å². The van der Waals surface area contributed by atoms with Gasteiger partial charge in [-0.15, -0.1) is 0 Å². The molecule has 4 heteroatoms. The van der Waals surface area contributed by atoms with Crippen LogP contribution in [0.5, 0.6) is 0 Å². The molecule has 0 heterocycles. The number of nitrogen functional groups attached to an aromatic ring is 1. The van der Waals surface area contributed by atoms with Gasteiger partial charge in [-0.1, -0.05) is 11.6 Å². The maximum atomic E-state index is 12.8. The van der Waals surface area contributed by atoms with Crippen molar-refractivity contribution in [1.82, 2.24) is 0 Å². The second-order valence-electron chi connectivity index (χ2n) is 1.94. The predicted octanol–water partition coefficient (Wildman–Crippen LogP) is 1.93. The van der Waals surface area contributed by atoms with E-state index in [4.69, 9.17) is 22.6 Å². The maximum absolute atomic E-state index is 12.8. The van der Waals surface area contributed by atoms with Gasteiger partial charge in [-0.2, -0.15) is 5.26 Å². The van der Waals surface area contributed by atoms with Gasteiger partial charge in [-0.05, 0) is 12.1 Å². The summed E-state index contributed by atoms with van der Waals surface area (Å²) >= 11 is 5.48. The molecule has 1 rings (SSSR count). The molecule has 0 saturated carbocycles. The van der Waals surface area contributed by atoms with Gasteiger partial charge in [0.25, 0.3) is 0 Å². The molecular weight excluding hydrogens is 167 g/mol. The SMILES string of the molecule is N#Cc1c(Cl)ccc(N)c1F. The molecule has 0 unspecified atom stereocenters. The molecule has 0 saturated heterocycles. The van der Waals surface area contributed by atoms with Crippen LogP contribution in [0.4, 0.5) is 10.1 Å². The summed E-state index contributed by atoms with van der Waals surface area (Å²) < 4.78 is 12.8. The number of nitrogens with zero attached hydrogens (tertiary/aromatic N) is 1. The molecule has 2 N–H and O–H groups in total. The lowest BCUT2D eigenvalue weighted by Crippen LogP contribution is -1.93. The van der Waals surface area contributed by atoms with Gasteiger partial charge in [0.1, 0.15) is 11.6 Å². The van der Waals surface area contributed by atoms with Gasteiger partial charge >= 0.3 is 0 Å². The van der Waals surface area contributed by atoms with E-state index in [1.807, 2.05) is 0 Å². The first kappa shape index (κ1) is 7.83. The number of anilines is 1. The van der Waals surface area contributed by atoms with Gasteiger partial charge in [0.2, 0.25) is 0 Å². The summed E-state index contributed by atoms with van der Waals surface area (Å²) in [5.41, 5.74) is 4.91. The molecule has 2 nitrogen and oxygen atoms in total. The first-order valence-corrected chi connectivity index (χ1v) is 3.18. The van der Waals surface area contributed by atoms with Crippen molar-refractivity contribution >= 4 is 17.3 Å². The summed E-state index contributed by atoms with van der Waals surface area (Å²) in [6, 6.07) is 4.32. The molecule has 0 bridgehead atoms. The lowest BCUT2D eigenvalue weighted by atomic mass is 10.2. The Morgan fingerprint density at radius 1 is 1.55 bits per heavy atom. The van der Waals surface area contributed by atoms with Gasteiger partial charge in [-0.25, -0.2) is 4.39 Å². The van der Waals surface area contributed by atoms with Crippen molar-refractivity contribution < 1.29 is 4.39 Å². The van der Waals surface area contributed by atoms with Crippen LogP contribution in [0.1, 0.15) is 5.56 Å². The molecule has 0 radical (unpaired) electrons. The lowest BCUT2D eigenvalue weighted by Gasteiger charge is -1.98. The standard InChI is InChI=1S/C7H4ClFN2/c8-5-1-2-6(11)7(9)4(5)3-10/h1-2H,11H2. The Bertz CT molecular complexity index is 330. The first-order valence-electron chi connectivity index (χ1n) is 2.80. The quantitative estimate of drug-likeness (QED) is 0.605. The highest BCUT2D eigenvalue weighted by Crippen LogP contribution is 2.22. The van der Waals surface area contributed by atoms with Gasteiger partial charge in [0.05, 0.1) is 10.7 Å². The topological polar surface area (TPSA) is 49.8 Å². The smallest absolute Gasteiger partial charge is 0.165 e. The minimum absolute atomic E-state index is 0.0639. The third-order valence-electron chi connectivity index (χ3n) is 1.23. The van der Waals surface area contributed by atoms with Crippen molar-refractivity contribution in [3.8, 4) is 6.07 Å². The van der Waals surface area contributed by atoms with Crippen LogP contribution in [-0.4, -0.2) is 0 Å². The Kier molecular flexibility index (Phi) is 1.97. The summed E-state index contributed by atoms with van der Waals surface area (Å²) in [5.74, 6) is -0.750. The fourth-order valence-electron chi connectivity index (χ4n) is 0.671. The highest BCUT2D eigenvalue weighted by molar-refractivity contribution is 6.31. The zero-order valence-corrected chi connectivity index (χ0v) is 6.19. The van der Waals surface area contributed by atoms with Crippen molar-refractivity contribution in [2.75, 3.05) is 5.73 Å². The Morgan fingerprint density at radius 2 is 2.18 bits per heavy atom. The second-order valence-corrected chi connectivity index (χ2v) is 2.34. The van der Waals surface area contributed by atoms with E-state index < -0.39 is 5.82 Å². The molecule has 0 amide bonds. The monoisotopic (exact) mass is 170 g/mol. The van der Waals surface area contributed by atoms with E-state index in [9.17, 15) is 4.39 Å². The summed E-state index contributed by atoms with van der Waals surface area (Å²) in [6.45, 7) is 0. The molecule has 1 aromatic carbocycles. The summed E-state index contributed by atoms with van der Waals surface area (Å²) in [6.07, 6.45) is 0. The highest BCUT2D eigenvalue weighted by atomic mass is 35.5. The Morgan fingerprint density at radius 3 is 2.64 bits per heavy atom. The number of hydrogen-bond donors (Lipinski definition) is 1. The molecule has 0 aliphatic rings. The van der Waals surface area contributed by atoms with Crippen molar-refractivity contribution in [2.24, 2.45) is 0 Å². The van der Waals surface area contributed by atoms with E-state index in [2.05, 4.69) is 0 Å². The molecule has 0 aliphatic carbocycles. The van der Waals surface area contributed by atoms with E-state index >= 15 is 0 Å².